The van der Waals surface area contributed by atoms with Gasteiger partial charge in [0.25, 0.3) is 0 Å². The van der Waals surface area contributed by atoms with Gasteiger partial charge >= 0.3 is 0 Å². The first-order chi connectivity index (χ1) is 7.15. The molecule has 1 rings (SSSR count). The van der Waals surface area contributed by atoms with Crippen LogP contribution in [0.2, 0.25) is 5.02 Å². The highest BCUT2D eigenvalue weighted by Gasteiger charge is 2.17. The van der Waals surface area contributed by atoms with Crippen molar-refractivity contribution in [3.8, 4) is 17.2 Å². The number of nitrogens with two attached hydrogens (primary N) is 1. The van der Waals surface area contributed by atoms with Gasteiger partial charge in [0.05, 0.1) is 25.8 Å². The first kappa shape index (κ1) is 11.9. The number of rotatable bonds is 4. The summed E-state index contributed by atoms with van der Waals surface area (Å²) in [6.07, 6.45) is 0. The van der Waals surface area contributed by atoms with Crippen LogP contribution in [0.3, 0.4) is 0 Å². The number of phenols is 1. The average Bonchev–Trinajstić information content (AvgIpc) is 2.23. The molecule has 0 amide bonds. The van der Waals surface area contributed by atoms with E-state index in [2.05, 4.69) is 4.84 Å². The van der Waals surface area contributed by atoms with E-state index in [4.69, 9.17) is 27.0 Å². The number of ether oxygens (including phenoxy) is 2. The largest absolute Gasteiger partial charge is 0.504 e. The van der Waals surface area contributed by atoms with Gasteiger partial charge in [0.15, 0.2) is 11.5 Å². The molecule has 0 radical (unpaired) electrons. The monoisotopic (exact) mass is 233 g/mol. The van der Waals surface area contributed by atoms with Crippen molar-refractivity contribution in [3.63, 3.8) is 0 Å². The Balaban J connectivity index is 3.31. The second-order valence-corrected chi connectivity index (χ2v) is 3.14. The molecule has 0 spiro atoms. The van der Waals surface area contributed by atoms with Gasteiger partial charge in [-0.05, 0) is 0 Å². The van der Waals surface area contributed by atoms with Crippen molar-refractivity contribution in [2.24, 2.45) is 5.90 Å². The van der Waals surface area contributed by atoms with Gasteiger partial charge < -0.3 is 14.6 Å². The lowest BCUT2D eigenvalue weighted by atomic mass is 10.2. The van der Waals surface area contributed by atoms with Gasteiger partial charge in [0.2, 0.25) is 5.75 Å². The van der Waals surface area contributed by atoms with Crippen molar-refractivity contribution in [1.82, 2.24) is 0 Å². The van der Waals surface area contributed by atoms with Crippen LogP contribution in [0.15, 0.2) is 6.07 Å². The van der Waals surface area contributed by atoms with Gasteiger partial charge in [-0.2, -0.15) is 0 Å². The van der Waals surface area contributed by atoms with Crippen LogP contribution in [0.5, 0.6) is 17.2 Å². The van der Waals surface area contributed by atoms with Crippen LogP contribution in [0, 0.1) is 0 Å². The maximum atomic E-state index is 9.79. The van der Waals surface area contributed by atoms with Gasteiger partial charge in [-0.15, -0.1) is 0 Å². The summed E-state index contributed by atoms with van der Waals surface area (Å²) < 4.78 is 9.97. The van der Waals surface area contributed by atoms with E-state index in [1.165, 1.54) is 20.3 Å². The normalized spacial score (nSPS) is 10.1. The fourth-order valence-electron chi connectivity index (χ4n) is 1.20. The lowest BCUT2D eigenvalue weighted by Crippen LogP contribution is -2.01. The lowest BCUT2D eigenvalue weighted by molar-refractivity contribution is 0.122. The van der Waals surface area contributed by atoms with Gasteiger partial charge in [0.1, 0.15) is 0 Å². The Bertz CT molecular complexity index is 356. The number of hydrogen-bond donors (Lipinski definition) is 2. The quantitative estimate of drug-likeness (QED) is 0.770. The van der Waals surface area contributed by atoms with Crippen LogP contribution < -0.4 is 15.4 Å². The minimum absolute atomic E-state index is 0.00891. The molecule has 1 aromatic carbocycles. The van der Waals surface area contributed by atoms with Crippen molar-refractivity contribution >= 4 is 11.6 Å². The highest BCUT2D eigenvalue weighted by Crippen LogP contribution is 2.43. The topological polar surface area (TPSA) is 73.9 Å². The van der Waals surface area contributed by atoms with E-state index in [0.29, 0.717) is 16.3 Å². The molecule has 0 aliphatic carbocycles. The van der Waals surface area contributed by atoms with E-state index < -0.39 is 0 Å². The third-order valence-electron chi connectivity index (χ3n) is 1.92. The molecule has 0 aromatic heterocycles. The predicted molar refractivity (Wildman–Crippen MR) is 55.2 cm³/mol. The summed E-state index contributed by atoms with van der Waals surface area (Å²) in [5.41, 5.74) is 0.358. The van der Waals surface area contributed by atoms with Crippen molar-refractivity contribution in [2.45, 2.75) is 6.61 Å². The summed E-state index contributed by atoms with van der Waals surface area (Å²) >= 11 is 5.89. The second kappa shape index (κ2) is 5.06. The highest BCUT2D eigenvalue weighted by atomic mass is 35.5. The summed E-state index contributed by atoms with van der Waals surface area (Å²) in [6.45, 7) is -0.00891. The Hall–Kier alpha value is -1.17. The van der Waals surface area contributed by atoms with Crippen LogP contribution >= 0.6 is 11.6 Å². The summed E-state index contributed by atoms with van der Waals surface area (Å²) in [6, 6.07) is 1.52. The minimum atomic E-state index is -0.132. The van der Waals surface area contributed by atoms with E-state index in [0.717, 1.165) is 0 Å². The number of benzene rings is 1. The van der Waals surface area contributed by atoms with E-state index in [1.54, 1.807) is 0 Å². The smallest absolute Gasteiger partial charge is 0.203 e. The maximum absolute atomic E-state index is 9.79. The zero-order valence-corrected chi connectivity index (χ0v) is 9.17. The van der Waals surface area contributed by atoms with Crippen LogP contribution in [-0.2, 0) is 11.4 Å². The van der Waals surface area contributed by atoms with Gasteiger partial charge in [0, 0.05) is 11.6 Å². The molecule has 0 unspecified atom stereocenters. The highest BCUT2D eigenvalue weighted by molar-refractivity contribution is 6.31. The van der Waals surface area contributed by atoms with E-state index in [1.807, 2.05) is 0 Å². The first-order valence-electron chi connectivity index (χ1n) is 4.09. The lowest BCUT2D eigenvalue weighted by Gasteiger charge is -2.13. The molecule has 6 heteroatoms. The molecule has 0 saturated heterocycles. The number of hydrogen-bond acceptors (Lipinski definition) is 5. The van der Waals surface area contributed by atoms with E-state index in [9.17, 15) is 5.11 Å². The van der Waals surface area contributed by atoms with Gasteiger partial charge in [-0.3, -0.25) is 4.84 Å². The molecule has 0 heterocycles. The molecule has 0 atom stereocenters. The van der Waals surface area contributed by atoms with Crippen molar-refractivity contribution in [1.29, 1.82) is 0 Å². The predicted octanol–water partition coefficient (Wildman–Crippen LogP) is 1.45. The summed E-state index contributed by atoms with van der Waals surface area (Å²) in [5.74, 6) is 5.34. The fourth-order valence-corrected chi connectivity index (χ4v) is 1.45. The molecule has 0 aliphatic heterocycles. The molecule has 0 fully saturated rings. The number of halogens is 1. The molecule has 5 nitrogen and oxygen atoms in total. The standard InChI is InChI=1S/C9H12ClNO4/c1-13-7-3-6(10)5(4-15-11)8(12)9(7)14-2/h3,12H,4,11H2,1-2H3. The average molecular weight is 234 g/mol. The van der Waals surface area contributed by atoms with Gasteiger partial charge in [-0.1, -0.05) is 11.6 Å². The molecule has 0 aliphatic rings. The second-order valence-electron chi connectivity index (χ2n) is 2.73. The Morgan fingerprint density at radius 3 is 2.53 bits per heavy atom. The molecule has 84 valence electrons. The fraction of sp³-hybridized carbons (Fsp3) is 0.333. The molecule has 15 heavy (non-hydrogen) atoms. The number of phenolic OH excluding ortho intramolecular Hbond substituents is 1. The first-order valence-corrected chi connectivity index (χ1v) is 4.47. The molecular weight excluding hydrogens is 222 g/mol. The molecule has 0 saturated carbocycles. The molecule has 0 bridgehead atoms. The van der Waals surface area contributed by atoms with Crippen molar-refractivity contribution in [3.05, 3.63) is 16.7 Å². The van der Waals surface area contributed by atoms with E-state index in [-0.39, 0.29) is 18.1 Å². The summed E-state index contributed by atoms with van der Waals surface area (Å²) in [5, 5.41) is 10.1. The van der Waals surface area contributed by atoms with Gasteiger partial charge in [-0.25, -0.2) is 5.90 Å². The maximum Gasteiger partial charge on any atom is 0.203 e. The van der Waals surface area contributed by atoms with Crippen LogP contribution in [-0.4, -0.2) is 19.3 Å². The third kappa shape index (κ3) is 2.26. The van der Waals surface area contributed by atoms with Crippen molar-refractivity contribution in [2.75, 3.05) is 14.2 Å². The molecule has 1 aromatic rings. The van der Waals surface area contributed by atoms with Crippen LogP contribution in [0.4, 0.5) is 0 Å². The Labute approximate surface area is 92.3 Å². The SMILES string of the molecule is COc1cc(Cl)c(CON)c(O)c1OC. The zero-order valence-electron chi connectivity index (χ0n) is 8.41. The minimum Gasteiger partial charge on any atom is -0.504 e. The summed E-state index contributed by atoms with van der Waals surface area (Å²) in [7, 11) is 2.87. The number of methoxy groups -OCH3 is 2. The molecule has 3 N–H and O–H groups in total. The van der Waals surface area contributed by atoms with Crippen molar-refractivity contribution < 1.29 is 19.4 Å². The Morgan fingerprint density at radius 1 is 1.40 bits per heavy atom. The molecular formula is C9H12ClNO4. The summed E-state index contributed by atoms with van der Waals surface area (Å²) in [4.78, 5) is 4.42. The Kier molecular flexibility index (Phi) is 4.02. The number of aromatic hydroxyl groups is 1. The van der Waals surface area contributed by atoms with E-state index >= 15 is 0 Å². The Morgan fingerprint density at radius 2 is 2.07 bits per heavy atom. The third-order valence-corrected chi connectivity index (χ3v) is 2.26. The van der Waals surface area contributed by atoms with Crippen LogP contribution in [0.1, 0.15) is 5.56 Å². The zero-order chi connectivity index (χ0) is 11.4. The van der Waals surface area contributed by atoms with Crippen LogP contribution in [0.25, 0.3) is 0 Å².